The van der Waals surface area contributed by atoms with E-state index in [1.54, 1.807) is 24.3 Å². The van der Waals surface area contributed by atoms with Gasteiger partial charge in [0.05, 0.1) is 11.1 Å². The predicted octanol–water partition coefficient (Wildman–Crippen LogP) is 3.39. The normalized spacial score (nSPS) is 14.1. The van der Waals surface area contributed by atoms with Crippen molar-refractivity contribution >= 4 is 40.5 Å². The number of aryl methyl sites for hydroxylation is 2. The van der Waals surface area contributed by atoms with E-state index in [9.17, 15) is 14.4 Å². The molecule has 4 aromatic rings. The van der Waals surface area contributed by atoms with E-state index in [-0.39, 0.29) is 23.0 Å². The Morgan fingerprint density at radius 2 is 1.63 bits per heavy atom. The number of amides is 3. The van der Waals surface area contributed by atoms with Gasteiger partial charge in [0.2, 0.25) is 17.8 Å². The third kappa shape index (κ3) is 4.88. The van der Waals surface area contributed by atoms with Gasteiger partial charge in [-0.3, -0.25) is 34.9 Å². The molecular weight excluding hydrogens is 482 g/mol. The third-order valence-corrected chi connectivity index (χ3v) is 6.37. The van der Waals surface area contributed by atoms with Crippen molar-refractivity contribution in [1.29, 1.82) is 0 Å². The largest absolute Gasteiger partial charge is 0.361 e. The van der Waals surface area contributed by atoms with Crippen LogP contribution < -0.4 is 10.6 Å². The van der Waals surface area contributed by atoms with Crippen molar-refractivity contribution in [3.05, 3.63) is 88.9 Å². The van der Waals surface area contributed by atoms with E-state index in [1.807, 2.05) is 50.4 Å². The minimum absolute atomic E-state index is 0.128. The lowest BCUT2D eigenvalue weighted by atomic mass is 10.1. The summed E-state index contributed by atoms with van der Waals surface area (Å²) in [6.07, 6.45) is 2.57. The van der Waals surface area contributed by atoms with Crippen molar-refractivity contribution in [2.24, 2.45) is 4.99 Å². The molecule has 0 radical (unpaired) electrons. The number of imide groups is 1. The third-order valence-electron chi connectivity index (χ3n) is 6.37. The highest BCUT2D eigenvalue weighted by atomic mass is 16.2. The van der Waals surface area contributed by atoms with Crippen LogP contribution in [0.5, 0.6) is 0 Å². The SMILES string of the molecule is Cc1cc(C)nc(NC(=NCCc2c[nH]c3ccccc23)NC(=O)[C@H](C)N2C(=O)c3ccccc3C2=O)n1. The number of benzene rings is 2. The van der Waals surface area contributed by atoms with Crippen molar-refractivity contribution in [2.75, 3.05) is 11.9 Å². The molecule has 5 rings (SSSR count). The number of carbonyl (C=O) groups excluding carboxylic acids is 3. The van der Waals surface area contributed by atoms with Crippen molar-refractivity contribution in [1.82, 2.24) is 25.2 Å². The van der Waals surface area contributed by atoms with Gasteiger partial charge in [0, 0.05) is 35.0 Å². The molecule has 2 aromatic heterocycles. The number of para-hydroxylation sites is 1. The van der Waals surface area contributed by atoms with E-state index in [0.29, 0.717) is 13.0 Å². The summed E-state index contributed by atoms with van der Waals surface area (Å²) in [7, 11) is 0. The number of nitrogens with one attached hydrogen (secondary N) is 3. The van der Waals surface area contributed by atoms with Gasteiger partial charge in [0.15, 0.2) is 0 Å². The van der Waals surface area contributed by atoms with Gasteiger partial charge in [-0.1, -0.05) is 30.3 Å². The minimum atomic E-state index is -1.07. The summed E-state index contributed by atoms with van der Waals surface area (Å²) in [5.74, 6) is -1.17. The molecule has 38 heavy (non-hydrogen) atoms. The first-order chi connectivity index (χ1) is 18.3. The number of carbonyl (C=O) groups is 3. The van der Waals surface area contributed by atoms with Crippen molar-refractivity contribution < 1.29 is 14.4 Å². The molecule has 3 amide bonds. The fourth-order valence-corrected chi connectivity index (χ4v) is 4.52. The molecule has 3 heterocycles. The highest BCUT2D eigenvalue weighted by Crippen LogP contribution is 2.24. The Balaban J connectivity index is 1.35. The molecule has 0 fully saturated rings. The standard InChI is InChI=1S/C28H27N7O3/c1-16-14-17(2)32-28(31-16)34-27(29-13-12-19-15-30-23-11-7-6-8-20(19)23)33-24(36)18(3)35-25(37)21-9-4-5-10-22(21)26(35)38/h4-11,14-15,18,30H,12-13H2,1-3H3,(H2,29,31,32,33,34,36)/t18-/m0/s1. The lowest BCUT2D eigenvalue weighted by Gasteiger charge is -2.22. The Morgan fingerprint density at radius 3 is 2.32 bits per heavy atom. The van der Waals surface area contributed by atoms with Crippen LogP contribution in [0.25, 0.3) is 10.9 Å². The summed E-state index contributed by atoms with van der Waals surface area (Å²) in [6, 6.07) is 15.3. The number of rotatable bonds is 6. The molecule has 0 unspecified atom stereocenters. The Labute approximate surface area is 219 Å². The summed E-state index contributed by atoms with van der Waals surface area (Å²) >= 11 is 0. The number of fused-ring (bicyclic) bond motifs is 2. The lowest BCUT2D eigenvalue weighted by Crippen LogP contribution is -2.50. The predicted molar refractivity (Wildman–Crippen MR) is 144 cm³/mol. The number of nitrogens with zero attached hydrogens (tertiary/aromatic N) is 4. The molecule has 0 bridgehead atoms. The fraction of sp³-hybridized carbons (Fsp3) is 0.214. The number of anilines is 1. The molecule has 2 aromatic carbocycles. The van der Waals surface area contributed by atoms with E-state index in [2.05, 4.69) is 30.6 Å². The Kier molecular flexibility index (Phi) is 6.69. The monoisotopic (exact) mass is 509 g/mol. The molecule has 0 saturated carbocycles. The van der Waals surface area contributed by atoms with Gasteiger partial charge in [-0.15, -0.1) is 0 Å². The van der Waals surface area contributed by atoms with Crippen molar-refractivity contribution in [3.63, 3.8) is 0 Å². The second-order valence-electron chi connectivity index (χ2n) is 9.13. The molecule has 0 saturated heterocycles. The van der Waals surface area contributed by atoms with Crippen LogP contribution in [0, 0.1) is 13.8 Å². The summed E-state index contributed by atoms with van der Waals surface area (Å²) in [4.78, 5) is 56.5. The van der Waals surface area contributed by atoms with Gasteiger partial charge in [-0.2, -0.15) is 0 Å². The summed E-state index contributed by atoms with van der Waals surface area (Å²) in [5, 5.41) is 6.84. The quantitative estimate of drug-likeness (QED) is 0.207. The second kappa shape index (κ2) is 10.3. The molecule has 1 aliphatic rings. The van der Waals surface area contributed by atoms with Crippen LogP contribution in [0.1, 0.15) is 44.6 Å². The van der Waals surface area contributed by atoms with Crippen LogP contribution in [0.2, 0.25) is 0 Å². The van der Waals surface area contributed by atoms with Crippen LogP contribution in [-0.2, 0) is 11.2 Å². The van der Waals surface area contributed by atoms with Crippen LogP contribution in [0.15, 0.2) is 65.8 Å². The van der Waals surface area contributed by atoms with Crippen molar-refractivity contribution in [3.8, 4) is 0 Å². The molecule has 0 aliphatic carbocycles. The first-order valence-electron chi connectivity index (χ1n) is 12.3. The van der Waals surface area contributed by atoms with Gasteiger partial charge >= 0.3 is 0 Å². The van der Waals surface area contributed by atoms with Crippen molar-refractivity contribution in [2.45, 2.75) is 33.2 Å². The lowest BCUT2D eigenvalue weighted by molar-refractivity contribution is -0.123. The number of aromatic amines is 1. The van der Waals surface area contributed by atoms with E-state index < -0.39 is 23.8 Å². The number of hydrogen-bond acceptors (Lipinski definition) is 6. The number of hydrogen-bond donors (Lipinski definition) is 3. The summed E-state index contributed by atoms with van der Waals surface area (Å²) < 4.78 is 0. The van der Waals surface area contributed by atoms with E-state index in [0.717, 1.165) is 32.8 Å². The highest BCUT2D eigenvalue weighted by molar-refractivity contribution is 6.23. The average molecular weight is 510 g/mol. The van der Waals surface area contributed by atoms with E-state index in [4.69, 9.17) is 0 Å². The molecule has 192 valence electrons. The smallest absolute Gasteiger partial charge is 0.262 e. The Bertz CT molecular complexity index is 1540. The van der Waals surface area contributed by atoms with Crippen LogP contribution >= 0.6 is 0 Å². The van der Waals surface area contributed by atoms with E-state index in [1.165, 1.54) is 6.92 Å². The minimum Gasteiger partial charge on any atom is -0.361 e. The maximum absolute atomic E-state index is 13.2. The molecule has 0 spiro atoms. The molecule has 10 nitrogen and oxygen atoms in total. The summed E-state index contributed by atoms with van der Waals surface area (Å²) in [6.45, 7) is 5.55. The number of aliphatic imine (C=N–C) groups is 1. The number of H-pyrrole nitrogens is 1. The van der Waals surface area contributed by atoms with Crippen LogP contribution in [-0.4, -0.2) is 56.1 Å². The zero-order valence-electron chi connectivity index (χ0n) is 21.3. The highest BCUT2D eigenvalue weighted by Gasteiger charge is 2.40. The number of aromatic nitrogens is 3. The molecule has 1 atom stereocenters. The molecule has 1 aliphatic heterocycles. The number of guanidine groups is 1. The average Bonchev–Trinajstić information content (AvgIpc) is 3.41. The molecule has 3 N–H and O–H groups in total. The molecule has 10 heteroatoms. The first kappa shape index (κ1) is 24.8. The molecular formula is C28H27N7O3. The van der Waals surface area contributed by atoms with Crippen LogP contribution in [0.3, 0.4) is 0 Å². The Morgan fingerprint density at radius 1 is 1.00 bits per heavy atom. The van der Waals surface area contributed by atoms with Crippen LogP contribution in [0.4, 0.5) is 5.95 Å². The maximum atomic E-state index is 13.2. The van der Waals surface area contributed by atoms with Gasteiger partial charge in [-0.05, 0) is 57.0 Å². The fourth-order valence-electron chi connectivity index (χ4n) is 4.52. The topological polar surface area (TPSA) is 132 Å². The zero-order chi connectivity index (χ0) is 26.8. The summed E-state index contributed by atoms with van der Waals surface area (Å²) in [5.41, 5.74) is 4.21. The zero-order valence-corrected chi connectivity index (χ0v) is 21.3. The first-order valence-corrected chi connectivity index (χ1v) is 12.3. The maximum Gasteiger partial charge on any atom is 0.262 e. The van der Waals surface area contributed by atoms with E-state index >= 15 is 0 Å². The van der Waals surface area contributed by atoms with Gasteiger partial charge < -0.3 is 4.98 Å². The Hall–Kier alpha value is -4.86. The van der Waals surface area contributed by atoms with Gasteiger partial charge in [0.1, 0.15) is 6.04 Å². The van der Waals surface area contributed by atoms with Gasteiger partial charge in [0.25, 0.3) is 11.8 Å². The van der Waals surface area contributed by atoms with Gasteiger partial charge in [-0.25, -0.2) is 9.97 Å². The second-order valence-corrected chi connectivity index (χ2v) is 9.13.